The average Bonchev–Trinajstić information content (AvgIpc) is 2.85. The minimum Gasteiger partial charge on any atom is -0.466 e. The van der Waals surface area contributed by atoms with Crippen molar-refractivity contribution in [2.45, 2.75) is 0 Å². The van der Waals surface area contributed by atoms with Crippen LogP contribution in [0.3, 0.4) is 0 Å². The summed E-state index contributed by atoms with van der Waals surface area (Å²) in [6.45, 7) is 0. The standard InChI is InChI=1S/C13H10ClN3O4S/c1-21-10(18)6-9-12(20)15-13(22-9)17-16-11(19)7-2-4-8(14)5-3-7/h2-6H,1H3,(H,16,19)(H,15,17,20)/b9-6-. The maximum Gasteiger partial charge on any atom is 0.331 e. The molecular formula is C13H10ClN3O4S. The SMILES string of the molecule is COC(=O)/C=C1\S/C(=N/NC(=O)c2ccc(Cl)cc2)NC1=O. The normalized spacial score (nSPS) is 17.5. The smallest absolute Gasteiger partial charge is 0.331 e. The molecule has 0 atom stereocenters. The lowest BCUT2D eigenvalue weighted by atomic mass is 10.2. The summed E-state index contributed by atoms with van der Waals surface area (Å²) in [7, 11) is 1.21. The Kier molecular flexibility index (Phi) is 5.18. The molecule has 0 unspecified atom stereocenters. The van der Waals surface area contributed by atoms with Crippen LogP contribution in [0.2, 0.25) is 5.02 Å². The minimum atomic E-state index is -0.649. The van der Waals surface area contributed by atoms with Crippen LogP contribution in [0.5, 0.6) is 0 Å². The molecule has 0 radical (unpaired) electrons. The van der Waals surface area contributed by atoms with Crippen molar-refractivity contribution in [3.05, 3.63) is 45.8 Å². The number of rotatable bonds is 3. The summed E-state index contributed by atoms with van der Waals surface area (Å²) in [5.74, 6) is -1.59. The lowest BCUT2D eigenvalue weighted by Gasteiger charge is -2.00. The first kappa shape index (κ1) is 16.1. The van der Waals surface area contributed by atoms with Gasteiger partial charge in [0.1, 0.15) is 0 Å². The Hall–Kier alpha value is -2.32. The number of thioether (sulfide) groups is 1. The Morgan fingerprint density at radius 1 is 1.36 bits per heavy atom. The largest absolute Gasteiger partial charge is 0.466 e. The van der Waals surface area contributed by atoms with Crippen LogP contribution in [-0.2, 0) is 14.3 Å². The molecule has 7 nitrogen and oxygen atoms in total. The fourth-order valence-electron chi connectivity index (χ4n) is 1.41. The van der Waals surface area contributed by atoms with E-state index in [2.05, 4.69) is 20.6 Å². The molecule has 1 aromatic rings. The van der Waals surface area contributed by atoms with E-state index in [1.807, 2.05) is 0 Å². The molecule has 0 spiro atoms. The van der Waals surface area contributed by atoms with Crippen LogP contribution in [0.4, 0.5) is 0 Å². The molecule has 0 saturated carbocycles. The lowest BCUT2D eigenvalue weighted by Crippen LogP contribution is -2.25. The fourth-order valence-corrected chi connectivity index (χ4v) is 2.28. The maximum atomic E-state index is 11.8. The predicted molar refractivity (Wildman–Crippen MR) is 82.2 cm³/mol. The predicted octanol–water partition coefficient (Wildman–Crippen LogP) is 1.26. The number of ether oxygens (including phenoxy) is 1. The number of nitrogens with one attached hydrogen (secondary N) is 2. The van der Waals surface area contributed by atoms with Gasteiger partial charge in [0.25, 0.3) is 11.8 Å². The quantitative estimate of drug-likeness (QED) is 0.491. The highest BCUT2D eigenvalue weighted by Gasteiger charge is 2.25. The Morgan fingerprint density at radius 3 is 2.68 bits per heavy atom. The fraction of sp³-hybridized carbons (Fsp3) is 0.0769. The van der Waals surface area contributed by atoms with E-state index in [9.17, 15) is 14.4 Å². The summed E-state index contributed by atoms with van der Waals surface area (Å²) in [5.41, 5.74) is 2.66. The number of hydrogen-bond acceptors (Lipinski definition) is 6. The van der Waals surface area contributed by atoms with Gasteiger partial charge in [-0.15, -0.1) is 5.10 Å². The number of methoxy groups -OCH3 is 1. The van der Waals surface area contributed by atoms with Crippen LogP contribution in [0.25, 0.3) is 0 Å². The van der Waals surface area contributed by atoms with E-state index in [1.54, 1.807) is 24.3 Å². The van der Waals surface area contributed by atoms with Gasteiger partial charge in [0.15, 0.2) is 5.17 Å². The molecule has 2 amide bonds. The Bertz CT molecular complexity index is 685. The van der Waals surface area contributed by atoms with Gasteiger partial charge in [0.2, 0.25) is 0 Å². The van der Waals surface area contributed by atoms with Crippen LogP contribution >= 0.6 is 23.4 Å². The van der Waals surface area contributed by atoms with E-state index in [0.29, 0.717) is 10.6 Å². The molecule has 2 rings (SSSR count). The number of carbonyl (C=O) groups is 3. The highest BCUT2D eigenvalue weighted by molar-refractivity contribution is 8.18. The number of halogens is 1. The van der Waals surface area contributed by atoms with Crippen molar-refractivity contribution in [3.8, 4) is 0 Å². The van der Waals surface area contributed by atoms with Gasteiger partial charge >= 0.3 is 5.97 Å². The highest BCUT2D eigenvalue weighted by Crippen LogP contribution is 2.23. The molecule has 114 valence electrons. The highest BCUT2D eigenvalue weighted by atomic mass is 35.5. The number of carbonyl (C=O) groups excluding carboxylic acids is 3. The van der Waals surface area contributed by atoms with Gasteiger partial charge in [-0.05, 0) is 36.0 Å². The van der Waals surface area contributed by atoms with Crippen molar-refractivity contribution in [1.82, 2.24) is 10.7 Å². The van der Waals surface area contributed by atoms with Crippen molar-refractivity contribution in [2.75, 3.05) is 7.11 Å². The minimum absolute atomic E-state index is 0.131. The van der Waals surface area contributed by atoms with Gasteiger partial charge in [-0.3, -0.25) is 14.9 Å². The van der Waals surface area contributed by atoms with Crippen LogP contribution in [0, 0.1) is 0 Å². The van der Waals surface area contributed by atoms with Crippen molar-refractivity contribution in [1.29, 1.82) is 0 Å². The molecular weight excluding hydrogens is 330 g/mol. The summed E-state index contributed by atoms with van der Waals surface area (Å²) in [6.07, 6.45) is 1.05. The zero-order valence-corrected chi connectivity index (χ0v) is 12.8. The molecule has 1 saturated heterocycles. The molecule has 0 bridgehead atoms. The van der Waals surface area contributed by atoms with Crippen LogP contribution in [-0.4, -0.2) is 30.1 Å². The molecule has 22 heavy (non-hydrogen) atoms. The first-order chi connectivity index (χ1) is 10.5. The van der Waals surface area contributed by atoms with Gasteiger partial charge in [-0.25, -0.2) is 10.2 Å². The first-order valence-corrected chi connectivity index (χ1v) is 7.11. The second-order valence-electron chi connectivity index (χ2n) is 3.95. The van der Waals surface area contributed by atoms with Gasteiger partial charge in [-0.1, -0.05) is 11.6 Å². The topological polar surface area (TPSA) is 96.9 Å². The Balaban J connectivity index is 2.01. The van der Waals surface area contributed by atoms with Crippen molar-refractivity contribution >= 4 is 46.3 Å². The van der Waals surface area contributed by atoms with Crippen LogP contribution in [0.1, 0.15) is 10.4 Å². The average molecular weight is 340 g/mol. The van der Waals surface area contributed by atoms with Gasteiger partial charge < -0.3 is 4.74 Å². The van der Waals surface area contributed by atoms with E-state index in [4.69, 9.17) is 11.6 Å². The summed E-state index contributed by atoms with van der Waals surface area (Å²) < 4.78 is 4.43. The molecule has 9 heteroatoms. The van der Waals surface area contributed by atoms with Gasteiger partial charge in [0, 0.05) is 16.7 Å². The number of esters is 1. The summed E-state index contributed by atoms with van der Waals surface area (Å²) in [6, 6.07) is 6.24. The lowest BCUT2D eigenvalue weighted by molar-refractivity contribution is -0.135. The zero-order chi connectivity index (χ0) is 16.1. The Labute approximate surface area is 134 Å². The third kappa shape index (κ3) is 4.09. The molecule has 1 aromatic carbocycles. The van der Waals surface area contributed by atoms with Crippen molar-refractivity contribution in [3.63, 3.8) is 0 Å². The van der Waals surface area contributed by atoms with E-state index in [0.717, 1.165) is 17.8 Å². The number of amidine groups is 1. The third-order valence-corrected chi connectivity index (χ3v) is 3.63. The van der Waals surface area contributed by atoms with E-state index >= 15 is 0 Å². The molecule has 1 fully saturated rings. The number of hydrazone groups is 1. The monoisotopic (exact) mass is 339 g/mol. The molecule has 0 aromatic heterocycles. The molecule has 1 heterocycles. The number of nitrogens with zero attached hydrogens (tertiary/aromatic N) is 1. The number of benzene rings is 1. The molecule has 0 aliphatic carbocycles. The number of hydrogen-bond donors (Lipinski definition) is 2. The van der Waals surface area contributed by atoms with Crippen molar-refractivity contribution < 1.29 is 19.1 Å². The van der Waals surface area contributed by atoms with Gasteiger partial charge in [0.05, 0.1) is 12.0 Å². The summed E-state index contributed by atoms with van der Waals surface area (Å²) in [5, 5.41) is 6.86. The Morgan fingerprint density at radius 2 is 2.05 bits per heavy atom. The van der Waals surface area contributed by atoms with Crippen molar-refractivity contribution in [2.24, 2.45) is 5.10 Å². The van der Waals surface area contributed by atoms with Gasteiger partial charge in [-0.2, -0.15) is 0 Å². The van der Waals surface area contributed by atoms with E-state index in [-0.39, 0.29) is 10.1 Å². The summed E-state index contributed by atoms with van der Waals surface area (Å²) in [4.78, 5) is 34.6. The third-order valence-electron chi connectivity index (χ3n) is 2.47. The molecule has 1 aliphatic rings. The van der Waals surface area contributed by atoms with Crippen LogP contribution in [0.15, 0.2) is 40.3 Å². The van der Waals surface area contributed by atoms with Crippen LogP contribution < -0.4 is 10.7 Å². The second-order valence-corrected chi connectivity index (χ2v) is 5.42. The zero-order valence-electron chi connectivity index (χ0n) is 11.3. The number of amides is 2. The molecule has 1 aliphatic heterocycles. The first-order valence-electron chi connectivity index (χ1n) is 5.92. The summed E-state index contributed by atoms with van der Waals surface area (Å²) >= 11 is 6.64. The van der Waals surface area contributed by atoms with E-state index < -0.39 is 17.8 Å². The maximum absolute atomic E-state index is 11.8. The second kappa shape index (κ2) is 7.10. The molecule has 2 N–H and O–H groups in total. The van der Waals surface area contributed by atoms with E-state index in [1.165, 1.54) is 7.11 Å².